The van der Waals surface area contributed by atoms with Crippen molar-refractivity contribution in [2.24, 2.45) is 0 Å². The van der Waals surface area contributed by atoms with Gasteiger partial charge in [0.25, 0.3) is 0 Å². The molecule has 196 valence electrons. The van der Waals surface area contributed by atoms with Gasteiger partial charge in [-0.2, -0.15) is 0 Å². The molecule has 1 amide bonds. The van der Waals surface area contributed by atoms with Gasteiger partial charge in [0.1, 0.15) is 5.60 Å². The van der Waals surface area contributed by atoms with E-state index in [9.17, 15) is 9.59 Å². The van der Waals surface area contributed by atoms with Gasteiger partial charge < -0.3 is 13.9 Å². The summed E-state index contributed by atoms with van der Waals surface area (Å²) in [7, 11) is -0.869. The van der Waals surface area contributed by atoms with Crippen LogP contribution in [0.25, 0.3) is 0 Å². The Morgan fingerprint density at radius 1 is 1.23 bits per heavy atom. The van der Waals surface area contributed by atoms with E-state index >= 15 is 0 Å². The number of methoxy groups -OCH3 is 1. The molecule has 0 spiro atoms. The molecular weight excluding hydrogens is 526 g/mol. The molecule has 35 heavy (non-hydrogen) atoms. The zero-order valence-corrected chi connectivity index (χ0v) is 25.3. The van der Waals surface area contributed by atoms with Crippen LogP contribution in [-0.4, -0.2) is 55.7 Å². The molecule has 0 aromatic heterocycles. The summed E-state index contributed by atoms with van der Waals surface area (Å²) in [5, 5.41) is -0.0384. The lowest BCUT2D eigenvalue weighted by atomic mass is 9.87. The van der Waals surface area contributed by atoms with Crippen LogP contribution < -0.4 is 0 Å². The predicted molar refractivity (Wildman–Crippen MR) is 146 cm³/mol. The van der Waals surface area contributed by atoms with E-state index in [2.05, 4.69) is 56.4 Å². The first-order valence-electron chi connectivity index (χ1n) is 12.1. The van der Waals surface area contributed by atoms with E-state index in [0.717, 1.165) is 10.0 Å². The third-order valence-corrected chi connectivity index (χ3v) is 12.0. The number of benzene rings is 1. The molecule has 0 saturated carbocycles. The molecule has 2 rings (SSSR count). The maximum atomic E-state index is 13.8. The fourth-order valence-electron chi connectivity index (χ4n) is 4.36. The fraction of sp³-hybridized carbons (Fsp3) is 0.630. The third kappa shape index (κ3) is 6.77. The molecular formula is C27H42BrNO5Si. The number of hydrogen-bond donors (Lipinski definition) is 0. The van der Waals surface area contributed by atoms with Crippen LogP contribution in [0.15, 0.2) is 41.4 Å². The van der Waals surface area contributed by atoms with E-state index in [1.807, 2.05) is 45.0 Å². The Morgan fingerprint density at radius 2 is 1.86 bits per heavy atom. The average molecular weight is 569 g/mol. The Morgan fingerprint density at radius 3 is 2.34 bits per heavy atom. The van der Waals surface area contributed by atoms with E-state index in [-0.39, 0.29) is 17.6 Å². The van der Waals surface area contributed by atoms with E-state index in [0.29, 0.717) is 12.8 Å². The molecule has 0 radical (unpaired) electrons. The number of amides is 1. The molecule has 1 aliphatic rings. The molecule has 8 heteroatoms. The number of esters is 1. The average Bonchev–Trinajstić information content (AvgIpc) is 2.98. The maximum Gasteiger partial charge on any atom is 0.411 e. The Kier molecular flexibility index (Phi) is 9.10. The molecule has 6 nitrogen and oxygen atoms in total. The van der Waals surface area contributed by atoms with Crippen molar-refractivity contribution in [1.82, 2.24) is 4.90 Å². The van der Waals surface area contributed by atoms with Gasteiger partial charge in [0.15, 0.2) is 13.9 Å². The molecule has 1 aromatic rings. The Bertz CT molecular complexity index is 936. The molecule has 1 aliphatic heterocycles. The SMILES string of the molecule is C=CC[C@H]1[C@@H](O[Si](C)(C)C(C)(C)C)C[C@@](Cc2cccc(Br)c2)(C(=O)OC)N1C(=O)OC(C)(C)C. The minimum atomic E-state index is -2.23. The van der Waals surface area contributed by atoms with Crippen LogP contribution in [0.4, 0.5) is 4.79 Å². The van der Waals surface area contributed by atoms with E-state index in [1.54, 1.807) is 11.0 Å². The lowest BCUT2D eigenvalue weighted by Gasteiger charge is -2.41. The number of nitrogens with zero attached hydrogens (tertiary/aromatic N) is 1. The number of halogens is 1. The number of hydrogen-bond acceptors (Lipinski definition) is 5. The van der Waals surface area contributed by atoms with Crippen molar-refractivity contribution in [2.75, 3.05) is 7.11 Å². The highest BCUT2D eigenvalue weighted by Crippen LogP contribution is 2.46. The summed E-state index contributed by atoms with van der Waals surface area (Å²) in [6.07, 6.45) is 1.92. The zero-order chi connectivity index (χ0) is 26.8. The largest absolute Gasteiger partial charge is 0.467 e. The van der Waals surface area contributed by atoms with Crippen molar-refractivity contribution < 1.29 is 23.5 Å². The third-order valence-electron chi connectivity index (χ3n) is 6.96. The summed E-state index contributed by atoms with van der Waals surface area (Å²) in [4.78, 5) is 29.0. The first-order chi connectivity index (χ1) is 16.0. The van der Waals surface area contributed by atoms with Crippen molar-refractivity contribution >= 4 is 36.3 Å². The summed E-state index contributed by atoms with van der Waals surface area (Å²) in [6.45, 7) is 20.3. The van der Waals surface area contributed by atoms with Gasteiger partial charge in [-0.1, -0.05) is 54.9 Å². The number of carbonyl (C=O) groups is 2. The van der Waals surface area contributed by atoms with Crippen molar-refractivity contribution in [3.63, 3.8) is 0 Å². The summed E-state index contributed by atoms with van der Waals surface area (Å²) in [6, 6.07) is 7.35. The summed E-state index contributed by atoms with van der Waals surface area (Å²) in [5.74, 6) is -0.473. The number of carbonyl (C=O) groups excluding carboxylic acids is 2. The number of rotatable bonds is 7. The van der Waals surface area contributed by atoms with Crippen LogP contribution in [-0.2, 0) is 25.1 Å². The first-order valence-corrected chi connectivity index (χ1v) is 15.8. The van der Waals surface area contributed by atoms with Gasteiger partial charge in [0.05, 0.1) is 19.3 Å². The van der Waals surface area contributed by atoms with Gasteiger partial charge in [-0.15, -0.1) is 6.58 Å². The van der Waals surface area contributed by atoms with Gasteiger partial charge >= 0.3 is 12.1 Å². The minimum absolute atomic E-state index is 0.0384. The molecule has 1 saturated heterocycles. The van der Waals surface area contributed by atoms with Gasteiger partial charge in [0.2, 0.25) is 0 Å². The molecule has 1 fully saturated rings. The predicted octanol–water partition coefficient (Wildman–Crippen LogP) is 6.88. The van der Waals surface area contributed by atoms with Gasteiger partial charge in [0, 0.05) is 17.3 Å². The standard InChI is InChI=1S/C27H42BrNO5Si/c1-11-13-21-22(34-35(9,10)26(5,6)7)18-27(23(30)32-8,17-19-14-12-15-20(28)16-19)29(21)24(31)33-25(2,3)4/h11-12,14-16,21-22H,1,13,17-18H2,2-10H3/t21-,22-,27-/m0/s1. The van der Waals surface area contributed by atoms with Crippen LogP contribution >= 0.6 is 15.9 Å². The summed E-state index contributed by atoms with van der Waals surface area (Å²) in [5.41, 5.74) is -1.10. The van der Waals surface area contributed by atoms with E-state index < -0.39 is 37.6 Å². The quantitative estimate of drug-likeness (QED) is 0.204. The second-order valence-corrected chi connectivity index (χ2v) is 17.6. The second kappa shape index (κ2) is 10.8. The van der Waals surface area contributed by atoms with E-state index in [4.69, 9.17) is 13.9 Å². The topological polar surface area (TPSA) is 65.1 Å². The van der Waals surface area contributed by atoms with E-state index in [1.165, 1.54) is 7.11 Å². The minimum Gasteiger partial charge on any atom is -0.467 e. The van der Waals surface area contributed by atoms with Gasteiger partial charge in [-0.3, -0.25) is 4.90 Å². The van der Waals surface area contributed by atoms with Gasteiger partial charge in [-0.25, -0.2) is 9.59 Å². The molecule has 0 bridgehead atoms. The highest BCUT2D eigenvalue weighted by atomic mass is 79.9. The Hall–Kier alpha value is -1.64. The van der Waals surface area contributed by atoms with Crippen LogP contribution in [0.1, 0.15) is 59.9 Å². The van der Waals surface area contributed by atoms with Crippen LogP contribution in [0.2, 0.25) is 18.1 Å². The molecule has 0 N–H and O–H groups in total. The molecule has 0 unspecified atom stereocenters. The number of ether oxygens (including phenoxy) is 2. The Balaban J connectivity index is 2.70. The normalized spacial score (nSPS) is 23.2. The van der Waals surface area contributed by atoms with Crippen LogP contribution in [0.5, 0.6) is 0 Å². The fourth-order valence-corrected chi connectivity index (χ4v) is 6.16. The summed E-state index contributed by atoms with van der Waals surface area (Å²) >= 11 is 3.52. The molecule has 1 heterocycles. The van der Waals surface area contributed by atoms with Crippen molar-refractivity contribution in [1.29, 1.82) is 0 Å². The molecule has 3 atom stereocenters. The number of likely N-dealkylation sites (tertiary alicyclic amines) is 1. The monoisotopic (exact) mass is 567 g/mol. The molecule has 1 aromatic carbocycles. The second-order valence-electron chi connectivity index (χ2n) is 11.9. The maximum absolute atomic E-state index is 13.8. The first kappa shape index (κ1) is 29.6. The lowest BCUT2D eigenvalue weighted by Crippen LogP contribution is -2.58. The van der Waals surface area contributed by atoms with Crippen molar-refractivity contribution in [3.05, 3.63) is 47.0 Å². The van der Waals surface area contributed by atoms with Crippen LogP contribution in [0, 0.1) is 0 Å². The Labute approximate surface area is 220 Å². The molecule has 0 aliphatic carbocycles. The van der Waals surface area contributed by atoms with Crippen LogP contribution in [0.3, 0.4) is 0 Å². The highest BCUT2D eigenvalue weighted by Gasteiger charge is 2.61. The highest BCUT2D eigenvalue weighted by molar-refractivity contribution is 9.10. The van der Waals surface area contributed by atoms with Crippen molar-refractivity contribution in [3.8, 4) is 0 Å². The smallest absolute Gasteiger partial charge is 0.411 e. The summed E-state index contributed by atoms with van der Waals surface area (Å²) < 4.78 is 19.0. The van der Waals surface area contributed by atoms with Crippen molar-refractivity contribution in [2.45, 2.75) is 102 Å². The lowest BCUT2D eigenvalue weighted by molar-refractivity contribution is -0.154. The van der Waals surface area contributed by atoms with Gasteiger partial charge in [-0.05, 0) is 63.0 Å². The zero-order valence-electron chi connectivity index (χ0n) is 22.7.